The van der Waals surface area contributed by atoms with E-state index in [9.17, 15) is 24.3 Å². The zero-order chi connectivity index (χ0) is 28.8. The Balaban J connectivity index is 1.50. The van der Waals surface area contributed by atoms with Crippen molar-refractivity contribution in [2.24, 2.45) is 11.7 Å². The Labute approximate surface area is 233 Å². The molecular weight excluding hydrogens is 510 g/mol. The maximum atomic E-state index is 13.8. The number of amides is 3. The lowest BCUT2D eigenvalue weighted by Gasteiger charge is -2.30. The molecule has 3 amide bonds. The molecule has 2 aromatic carbocycles. The predicted octanol–water partition coefficient (Wildman–Crippen LogP) is 1.98. The van der Waals surface area contributed by atoms with Gasteiger partial charge in [0.2, 0.25) is 17.7 Å². The topological polar surface area (TPSA) is 158 Å². The number of nitrogens with two attached hydrogens (primary N) is 1. The number of para-hydroxylation sites is 1. The average molecular weight is 548 g/mol. The van der Waals surface area contributed by atoms with E-state index in [0.717, 1.165) is 22.0 Å². The van der Waals surface area contributed by atoms with Crippen molar-refractivity contribution < 1.29 is 24.3 Å². The minimum atomic E-state index is -1.13. The summed E-state index contributed by atoms with van der Waals surface area (Å²) in [4.78, 5) is 56.5. The van der Waals surface area contributed by atoms with Crippen molar-refractivity contribution in [3.05, 3.63) is 71.9 Å². The number of likely N-dealkylation sites (tertiary alicyclic amines) is 1. The largest absolute Gasteiger partial charge is 0.480 e. The van der Waals surface area contributed by atoms with Crippen molar-refractivity contribution in [3.63, 3.8) is 0 Å². The maximum absolute atomic E-state index is 13.8. The molecule has 4 atom stereocenters. The minimum absolute atomic E-state index is 0.222. The quantitative estimate of drug-likeness (QED) is 0.247. The number of aromatic amines is 1. The highest BCUT2D eigenvalue weighted by atomic mass is 16.4. The molecule has 0 saturated carbocycles. The van der Waals surface area contributed by atoms with Gasteiger partial charge in [-0.2, -0.15) is 0 Å². The molecule has 0 bridgehead atoms. The summed E-state index contributed by atoms with van der Waals surface area (Å²) in [5, 5.41) is 15.9. The third-order valence-corrected chi connectivity index (χ3v) is 7.42. The molecule has 6 N–H and O–H groups in total. The molecule has 2 heterocycles. The SMILES string of the molecule is CC(C)C(NC(=O)C1CCCN1C(=O)C(Cc1ccccc1)NC(=O)C(N)Cc1c[nH]c2ccccc12)C(=O)O. The summed E-state index contributed by atoms with van der Waals surface area (Å²) in [6.07, 6.45) is 3.34. The number of nitrogens with one attached hydrogen (secondary N) is 3. The molecule has 1 aromatic heterocycles. The molecule has 10 heteroatoms. The third-order valence-electron chi connectivity index (χ3n) is 7.42. The van der Waals surface area contributed by atoms with Crippen molar-refractivity contribution in [2.45, 2.75) is 63.7 Å². The van der Waals surface area contributed by atoms with E-state index in [-0.39, 0.29) is 18.8 Å². The summed E-state index contributed by atoms with van der Waals surface area (Å²) < 4.78 is 0. The van der Waals surface area contributed by atoms with Gasteiger partial charge in [-0.3, -0.25) is 14.4 Å². The van der Waals surface area contributed by atoms with E-state index >= 15 is 0 Å². The molecule has 10 nitrogen and oxygen atoms in total. The zero-order valence-electron chi connectivity index (χ0n) is 22.8. The molecule has 1 aliphatic rings. The molecular formula is C30H37N5O5. The summed E-state index contributed by atoms with van der Waals surface area (Å²) in [6, 6.07) is 13.3. The van der Waals surface area contributed by atoms with Gasteiger partial charge in [-0.25, -0.2) is 4.79 Å². The van der Waals surface area contributed by atoms with Crippen LogP contribution in [0, 0.1) is 5.92 Å². The van der Waals surface area contributed by atoms with Gasteiger partial charge in [-0.1, -0.05) is 62.4 Å². The number of carbonyl (C=O) groups is 4. The number of H-pyrrole nitrogens is 1. The van der Waals surface area contributed by atoms with Crippen LogP contribution >= 0.6 is 0 Å². The summed E-state index contributed by atoms with van der Waals surface area (Å²) in [5.41, 5.74) is 9.00. The lowest BCUT2D eigenvalue weighted by Crippen LogP contribution is -2.58. The van der Waals surface area contributed by atoms with Gasteiger partial charge >= 0.3 is 5.97 Å². The maximum Gasteiger partial charge on any atom is 0.326 e. The molecule has 3 aromatic rings. The number of carboxylic acids is 1. The number of fused-ring (bicyclic) bond motifs is 1. The fraction of sp³-hybridized carbons (Fsp3) is 0.400. The normalized spacial score (nSPS) is 17.4. The van der Waals surface area contributed by atoms with Crippen LogP contribution in [0.25, 0.3) is 10.9 Å². The number of nitrogens with zero attached hydrogens (tertiary/aromatic N) is 1. The highest BCUT2D eigenvalue weighted by Gasteiger charge is 2.39. The van der Waals surface area contributed by atoms with Crippen molar-refractivity contribution in [3.8, 4) is 0 Å². The molecule has 0 radical (unpaired) electrons. The number of aliphatic carboxylic acids is 1. The van der Waals surface area contributed by atoms with Crippen LogP contribution in [0.4, 0.5) is 0 Å². The molecule has 212 valence electrons. The zero-order valence-corrected chi connectivity index (χ0v) is 22.8. The van der Waals surface area contributed by atoms with Gasteiger partial charge in [0.25, 0.3) is 0 Å². The number of aromatic nitrogens is 1. The highest BCUT2D eigenvalue weighted by molar-refractivity contribution is 5.95. The van der Waals surface area contributed by atoms with Crippen molar-refractivity contribution in [1.82, 2.24) is 20.5 Å². The fourth-order valence-corrected chi connectivity index (χ4v) is 5.23. The lowest BCUT2D eigenvalue weighted by atomic mass is 10.0. The summed E-state index contributed by atoms with van der Waals surface area (Å²) >= 11 is 0. The van der Waals surface area contributed by atoms with Gasteiger partial charge < -0.3 is 31.4 Å². The Morgan fingerprint density at radius 3 is 2.42 bits per heavy atom. The van der Waals surface area contributed by atoms with Crippen LogP contribution in [-0.2, 0) is 32.0 Å². The Morgan fingerprint density at radius 1 is 1.02 bits per heavy atom. The van der Waals surface area contributed by atoms with Gasteiger partial charge in [0.15, 0.2) is 0 Å². The molecule has 1 saturated heterocycles. The van der Waals surface area contributed by atoms with E-state index in [0.29, 0.717) is 19.4 Å². The van der Waals surface area contributed by atoms with Gasteiger partial charge in [0.05, 0.1) is 6.04 Å². The minimum Gasteiger partial charge on any atom is -0.480 e. The van der Waals surface area contributed by atoms with Crippen molar-refractivity contribution in [2.75, 3.05) is 6.54 Å². The number of benzene rings is 2. The first-order chi connectivity index (χ1) is 19.2. The van der Waals surface area contributed by atoms with E-state index in [2.05, 4.69) is 15.6 Å². The Kier molecular flexibility index (Phi) is 9.21. The van der Waals surface area contributed by atoms with Crippen LogP contribution in [-0.4, -0.2) is 69.4 Å². The van der Waals surface area contributed by atoms with Crippen LogP contribution < -0.4 is 16.4 Å². The molecule has 0 spiro atoms. The second kappa shape index (κ2) is 12.8. The molecule has 0 aliphatic carbocycles. The summed E-state index contributed by atoms with van der Waals surface area (Å²) in [6.45, 7) is 3.75. The predicted molar refractivity (Wildman–Crippen MR) is 151 cm³/mol. The van der Waals surface area contributed by atoms with E-state index in [1.807, 2.05) is 60.8 Å². The lowest BCUT2D eigenvalue weighted by molar-refractivity contribution is -0.145. The average Bonchev–Trinajstić information content (AvgIpc) is 3.59. The van der Waals surface area contributed by atoms with E-state index in [1.54, 1.807) is 13.8 Å². The molecule has 4 rings (SSSR count). The second-order valence-electron chi connectivity index (χ2n) is 10.7. The molecule has 1 fully saturated rings. The number of rotatable bonds is 11. The van der Waals surface area contributed by atoms with Crippen LogP contribution in [0.3, 0.4) is 0 Å². The van der Waals surface area contributed by atoms with Crippen LogP contribution in [0.5, 0.6) is 0 Å². The summed E-state index contributed by atoms with van der Waals surface area (Å²) in [7, 11) is 0. The van der Waals surface area contributed by atoms with Gasteiger partial charge in [0, 0.05) is 30.1 Å². The van der Waals surface area contributed by atoms with E-state index in [1.165, 1.54) is 4.90 Å². The first-order valence-corrected chi connectivity index (χ1v) is 13.6. The molecule has 1 aliphatic heterocycles. The standard InChI is InChI=1S/C30H37N5O5/c1-18(2)26(30(39)40)34-28(37)25-13-8-14-35(25)29(38)24(15-19-9-4-3-5-10-19)33-27(36)22(31)16-20-17-32-23-12-7-6-11-21(20)23/h3-7,9-12,17-18,22,24-26,32H,8,13-16,31H2,1-2H3,(H,33,36)(H,34,37)(H,39,40). The Bertz CT molecular complexity index is 1350. The Morgan fingerprint density at radius 2 is 1.73 bits per heavy atom. The van der Waals surface area contributed by atoms with Gasteiger partial charge in [0.1, 0.15) is 18.1 Å². The van der Waals surface area contributed by atoms with Crippen molar-refractivity contribution >= 4 is 34.6 Å². The molecule has 4 unspecified atom stereocenters. The third kappa shape index (κ3) is 6.69. The second-order valence-corrected chi connectivity index (χ2v) is 10.7. The first-order valence-electron chi connectivity index (χ1n) is 13.6. The number of carbonyl (C=O) groups excluding carboxylic acids is 3. The summed E-state index contributed by atoms with van der Waals surface area (Å²) in [5.74, 6) is -2.82. The number of hydrogen-bond donors (Lipinski definition) is 5. The fourth-order valence-electron chi connectivity index (χ4n) is 5.23. The number of carboxylic acid groups (broad SMARTS) is 1. The van der Waals surface area contributed by atoms with Crippen LogP contribution in [0.2, 0.25) is 0 Å². The van der Waals surface area contributed by atoms with E-state index in [4.69, 9.17) is 5.73 Å². The van der Waals surface area contributed by atoms with Gasteiger partial charge in [-0.05, 0) is 42.4 Å². The van der Waals surface area contributed by atoms with Crippen LogP contribution in [0.15, 0.2) is 60.8 Å². The monoisotopic (exact) mass is 547 g/mol. The van der Waals surface area contributed by atoms with E-state index < -0.39 is 47.9 Å². The smallest absolute Gasteiger partial charge is 0.326 e. The Hall–Kier alpha value is -4.18. The van der Waals surface area contributed by atoms with Gasteiger partial charge in [-0.15, -0.1) is 0 Å². The van der Waals surface area contributed by atoms with Crippen LogP contribution in [0.1, 0.15) is 37.8 Å². The van der Waals surface area contributed by atoms with Crippen molar-refractivity contribution in [1.29, 1.82) is 0 Å². The highest BCUT2D eigenvalue weighted by Crippen LogP contribution is 2.22. The first kappa shape index (κ1) is 28.8. The number of hydrogen-bond acceptors (Lipinski definition) is 5. The molecule has 40 heavy (non-hydrogen) atoms.